The van der Waals surface area contributed by atoms with Gasteiger partial charge in [0.05, 0.1) is 6.54 Å². The Bertz CT molecular complexity index is 1110. The predicted octanol–water partition coefficient (Wildman–Crippen LogP) is 3.97. The van der Waals surface area contributed by atoms with Crippen molar-refractivity contribution in [2.75, 3.05) is 5.32 Å². The number of hydrogen-bond donors (Lipinski definition) is 1. The van der Waals surface area contributed by atoms with Gasteiger partial charge < -0.3 is 9.88 Å². The summed E-state index contributed by atoms with van der Waals surface area (Å²) in [7, 11) is 0. The molecule has 5 heteroatoms. The van der Waals surface area contributed by atoms with Crippen molar-refractivity contribution in [2.24, 2.45) is 0 Å². The molecule has 1 amide bonds. The second-order valence-electron chi connectivity index (χ2n) is 6.88. The van der Waals surface area contributed by atoms with Crippen molar-refractivity contribution in [3.05, 3.63) is 99.0 Å². The van der Waals surface area contributed by atoms with Crippen LogP contribution in [-0.2, 0) is 6.54 Å². The molecule has 3 aromatic rings. The first-order chi connectivity index (χ1) is 13.3. The molecule has 0 radical (unpaired) electrons. The smallest absolute Gasteiger partial charge is 0.263 e. The van der Waals surface area contributed by atoms with E-state index in [9.17, 15) is 14.4 Å². The van der Waals surface area contributed by atoms with Crippen molar-refractivity contribution in [1.29, 1.82) is 0 Å². The van der Waals surface area contributed by atoms with Crippen LogP contribution in [0, 0.1) is 13.8 Å². The summed E-state index contributed by atoms with van der Waals surface area (Å²) in [6, 6.07) is 15.9. The SMILES string of the molecule is CC(=O)c1cccc(NC(=O)c2cccn(Cc3cc(C)ccc3C)c2=O)c1. The van der Waals surface area contributed by atoms with Gasteiger partial charge in [0.15, 0.2) is 5.78 Å². The topological polar surface area (TPSA) is 68.2 Å². The predicted molar refractivity (Wildman–Crippen MR) is 110 cm³/mol. The number of nitrogens with zero attached hydrogens (tertiary/aromatic N) is 1. The van der Waals surface area contributed by atoms with Gasteiger partial charge in [-0.2, -0.15) is 0 Å². The summed E-state index contributed by atoms with van der Waals surface area (Å²) in [5.41, 5.74) is 3.92. The highest BCUT2D eigenvalue weighted by atomic mass is 16.2. The monoisotopic (exact) mass is 374 g/mol. The molecule has 0 saturated heterocycles. The minimum Gasteiger partial charge on any atom is -0.322 e. The van der Waals surface area contributed by atoms with E-state index in [-0.39, 0.29) is 16.9 Å². The normalized spacial score (nSPS) is 10.5. The number of Topliss-reactive ketones (excluding diaryl/α,β-unsaturated/α-hetero) is 1. The molecule has 3 rings (SSSR count). The zero-order valence-corrected chi connectivity index (χ0v) is 16.2. The van der Waals surface area contributed by atoms with Crippen LogP contribution < -0.4 is 10.9 Å². The van der Waals surface area contributed by atoms with Gasteiger partial charge in [0.1, 0.15) is 5.56 Å². The quantitative estimate of drug-likeness (QED) is 0.687. The first-order valence-corrected chi connectivity index (χ1v) is 9.03. The van der Waals surface area contributed by atoms with Crippen LogP contribution in [0.25, 0.3) is 0 Å². The minimum atomic E-state index is -0.499. The summed E-state index contributed by atoms with van der Waals surface area (Å²) >= 11 is 0. The highest BCUT2D eigenvalue weighted by molar-refractivity contribution is 6.04. The molecule has 5 nitrogen and oxygen atoms in total. The van der Waals surface area contributed by atoms with E-state index < -0.39 is 5.91 Å². The van der Waals surface area contributed by atoms with E-state index in [1.807, 2.05) is 32.0 Å². The molecule has 0 unspecified atom stereocenters. The number of anilines is 1. The van der Waals surface area contributed by atoms with E-state index in [1.54, 1.807) is 36.5 Å². The van der Waals surface area contributed by atoms with Crippen LogP contribution in [0.1, 0.15) is 44.3 Å². The average molecular weight is 374 g/mol. The Morgan fingerprint density at radius 2 is 1.79 bits per heavy atom. The van der Waals surface area contributed by atoms with Gasteiger partial charge in [-0.3, -0.25) is 14.4 Å². The fourth-order valence-corrected chi connectivity index (χ4v) is 3.00. The zero-order chi connectivity index (χ0) is 20.3. The summed E-state index contributed by atoms with van der Waals surface area (Å²) in [6.45, 7) is 5.86. The van der Waals surface area contributed by atoms with Crippen LogP contribution in [0.3, 0.4) is 0 Å². The van der Waals surface area contributed by atoms with Crippen LogP contribution in [0.15, 0.2) is 65.6 Å². The highest BCUT2D eigenvalue weighted by Gasteiger charge is 2.14. The number of aromatic nitrogens is 1. The largest absolute Gasteiger partial charge is 0.322 e. The summed E-state index contributed by atoms with van der Waals surface area (Å²) in [6.07, 6.45) is 1.68. The molecule has 2 aromatic carbocycles. The molecule has 1 aromatic heterocycles. The number of amides is 1. The number of carbonyl (C=O) groups excluding carboxylic acids is 2. The molecule has 1 N–H and O–H groups in total. The van der Waals surface area contributed by atoms with E-state index in [2.05, 4.69) is 5.32 Å². The van der Waals surface area contributed by atoms with Crippen LogP contribution in [0.5, 0.6) is 0 Å². The Labute approximate surface area is 163 Å². The molecule has 0 bridgehead atoms. The molecule has 0 fully saturated rings. The number of carbonyl (C=O) groups is 2. The molecule has 142 valence electrons. The second-order valence-corrected chi connectivity index (χ2v) is 6.88. The Morgan fingerprint density at radius 1 is 1.00 bits per heavy atom. The van der Waals surface area contributed by atoms with Gasteiger partial charge in [0.2, 0.25) is 0 Å². The second kappa shape index (κ2) is 8.05. The molecule has 1 heterocycles. The summed E-state index contributed by atoms with van der Waals surface area (Å²) in [5, 5.41) is 2.70. The Balaban J connectivity index is 1.87. The van der Waals surface area contributed by atoms with Gasteiger partial charge in [-0.05, 0) is 56.2 Å². The van der Waals surface area contributed by atoms with Gasteiger partial charge >= 0.3 is 0 Å². The van der Waals surface area contributed by atoms with Crippen molar-refractivity contribution in [2.45, 2.75) is 27.3 Å². The van der Waals surface area contributed by atoms with Gasteiger partial charge in [-0.15, -0.1) is 0 Å². The standard InChI is InChI=1S/C23H22N2O3/c1-15-9-10-16(2)19(12-15)14-25-11-5-8-21(23(25)28)22(27)24-20-7-4-6-18(13-20)17(3)26/h4-13H,14H2,1-3H3,(H,24,27). The first kappa shape index (κ1) is 19.3. The lowest BCUT2D eigenvalue weighted by molar-refractivity contribution is 0.101. The average Bonchev–Trinajstić information content (AvgIpc) is 2.66. The molecular formula is C23H22N2O3. The minimum absolute atomic E-state index is 0.0565. The third-order valence-corrected chi connectivity index (χ3v) is 4.64. The lowest BCUT2D eigenvalue weighted by Gasteiger charge is -2.11. The molecule has 0 aliphatic rings. The third kappa shape index (κ3) is 4.26. The lowest BCUT2D eigenvalue weighted by atomic mass is 10.1. The van der Waals surface area contributed by atoms with E-state index in [4.69, 9.17) is 0 Å². The third-order valence-electron chi connectivity index (χ3n) is 4.64. The molecule has 0 aliphatic carbocycles. The molecule has 0 saturated carbocycles. The zero-order valence-electron chi connectivity index (χ0n) is 16.2. The summed E-state index contributed by atoms with van der Waals surface area (Å²) in [5.74, 6) is -0.590. The van der Waals surface area contributed by atoms with E-state index in [0.717, 1.165) is 16.7 Å². The maximum atomic E-state index is 12.8. The maximum Gasteiger partial charge on any atom is 0.263 e. The number of benzene rings is 2. The summed E-state index contributed by atoms with van der Waals surface area (Å²) < 4.78 is 1.53. The fraction of sp³-hybridized carbons (Fsp3) is 0.174. The fourth-order valence-electron chi connectivity index (χ4n) is 3.00. The van der Waals surface area contributed by atoms with Gasteiger partial charge in [-0.25, -0.2) is 0 Å². The highest BCUT2D eigenvalue weighted by Crippen LogP contribution is 2.13. The molecule has 0 spiro atoms. The van der Waals surface area contributed by atoms with Crippen molar-refractivity contribution in [1.82, 2.24) is 4.57 Å². The van der Waals surface area contributed by atoms with Gasteiger partial charge in [-0.1, -0.05) is 35.9 Å². The number of nitrogens with one attached hydrogen (secondary N) is 1. The van der Waals surface area contributed by atoms with Crippen LogP contribution in [0.4, 0.5) is 5.69 Å². The molecule has 0 aliphatic heterocycles. The molecule has 0 atom stereocenters. The Morgan fingerprint density at radius 3 is 2.54 bits per heavy atom. The maximum absolute atomic E-state index is 12.8. The van der Waals surface area contributed by atoms with Crippen LogP contribution in [0.2, 0.25) is 0 Å². The lowest BCUT2D eigenvalue weighted by Crippen LogP contribution is -2.29. The van der Waals surface area contributed by atoms with Crippen LogP contribution in [-0.4, -0.2) is 16.3 Å². The summed E-state index contributed by atoms with van der Waals surface area (Å²) in [4.78, 5) is 37.0. The first-order valence-electron chi connectivity index (χ1n) is 9.03. The Kier molecular flexibility index (Phi) is 5.54. The van der Waals surface area contributed by atoms with E-state index in [1.165, 1.54) is 17.6 Å². The Hall–Kier alpha value is -3.47. The number of hydrogen-bond acceptors (Lipinski definition) is 3. The van der Waals surface area contributed by atoms with Crippen molar-refractivity contribution >= 4 is 17.4 Å². The van der Waals surface area contributed by atoms with Gasteiger partial charge in [0.25, 0.3) is 11.5 Å². The molecule has 28 heavy (non-hydrogen) atoms. The number of rotatable bonds is 5. The van der Waals surface area contributed by atoms with Gasteiger partial charge in [0, 0.05) is 17.4 Å². The number of pyridine rings is 1. The van der Waals surface area contributed by atoms with Crippen molar-refractivity contribution < 1.29 is 9.59 Å². The number of aryl methyl sites for hydroxylation is 2. The number of ketones is 1. The molecular weight excluding hydrogens is 352 g/mol. The van der Waals surface area contributed by atoms with E-state index in [0.29, 0.717) is 17.8 Å². The van der Waals surface area contributed by atoms with E-state index >= 15 is 0 Å². The van der Waals surface area contributed by atoms with Crippen molar-refractivity contribution in [3.8, 4) is 0 Å². The van der Waals surface area contributed by atoms with Crippen LogP contribution >= 0.6 is 0 Å². The van der Waals surface area contributed by atoms with Crippen molar-refractivity contribution in [3.63, 3.8) is 0 Å².